The second-order valence-electron chi connectivity index (χ2n) is 8.02. The summed E-state index contributed by atoms with van der Waals surface area (Å²) in [6.45, 7) is 9.31. The molecule has 0 saturated carbocycles. The smallest absolute Gasteiger partial charge is 0.347 e. The summed E-state index contributed by atoms with van der Waals surface area (Å²) in [4.78, 5) is 71.3. The molecule has 1 aromatic rings. The molecular formula is C25H28Cl2O12. The van der Waals surface area contributed by atoms with E-state index in [1.807, 2.05) is 0 Å². The van der Waals surface area contributed by atoms with Crippen LogP contribution >= 0.6 is 23.2 Å². The molecule has 39 heavy (non-hydrogen) atoms. The predicted octanol–water partition coefficient (Wildman–Crippen LogP) is 3.33. The third-order valence-corrected chi connectivity index (χ3v) is 5.78. The zero-order valence-corrected chi connectivity index (χ0v) is 23.3. The molecule has 0 radical (unpaired) electrons. The number of aliphatic carboxylic acids is 1. The normalized spacial score (nSPS) is 13.6. The van der Waals surface area contributed by atoms with Gasteiger partial charge >= 0.3 is 29.8 Å². The van der Waals surface area contributed by atoms with Crippen LogP contribution in [0.1, 0.15) is 51.4 Å². The Balaban J connectivity index is 2.62. The summed E-state index contributed by atoms with van der Waals surface area (Å²) in [5, 5.41) is 8.55. The van der Waals surface area contributed by atoms with Crippen molar-refractivity contribution < 1.29 is 57.6 Å². The maximum absolute atomic E-state index is 12.3. The van der Waals surface area contributed by atoms with Gasteiger partial charge in [-0.05, 0) is 51.8 Å². The first-order valence-electron chi connectivity index (χ1n) is 11.5. The molecule has 12 nitrogen and oxygen atoms in total. The molecule has 0 spiro atoms. The van der Waals surface area contributed by atoms with E-state index in [-0.39, 0.29) is 27.1 Å². The molecule has 0 heterocycles. The Morgan fingerprint density at radius 2 is 1.26 bits per heavy atom. The molecule has 0 bridgehead atoms. The topological polar surface area (TPSA) is 169 Å². The number of hydrogen-bond donors (Lipinski definition) is 1. The minimum absolute atomic E-state index is 0.0192. The van der Waals surface area contributed by atoms with Crippen molar-refractivity contribution in [2.24, 2.45) is 0 Å². The van der Waals surface area contributed by atoms with Gasteiger partial charge in [0.1, 0.15) is 10.8 Å². The van der Waals surface area contributed by atoms with E-state index in [2.05, 4.69) is 11.3 Å². The molecule has 4 atom stereocenters. The Morgan fingerprint density at radius 3 is 1.72 bits per heavy atom. The van der Waals surface area contributed by atoms with Crippen molar-refractivity contribution in [2.45, 2.75) is 65.5 Å². The first-order chi connectivity index (χ1) is 18.1. The Labute approximate surface area is 234 Å². The summed E-state index contributed by atoms with van der Waals surface area (Å²) in [7, 11) is 0. The number of carbonyl (C=O) groups is 6. The summed E-state index contributed by atoms with van der Waals surface area (Å²) < 4.78 is 24.5. The first kappa shape index (κ1) is 33.4. The number of esters is 4. The van der Waals surface area contributed by atoms with Crippen LogP contribution in [0.4, 0.5) is 0 Å². The maximum atomic E-state index is 12.3. The lowest BCUT2D eigenvalue weighted by Gasteiger charge is -2.19. The van der Waals surface area contributed by atoms with Gasteiger partial charge in [-0.25, -0.2) is 24.0 Å². The number of halogens is 2. The van der Waals surface area contributed by atoms with E-state index in [1.54, 1.807) is 6.92 Å². The summed E-state index contributed by atoms with van der Waals surface area (Å²) >= 11 is 12.3. The number of ether oxygens (including phenoxy) is 5. The lowest BCUT2D eigenvalue weighted by molar-refractivity contribution is -0.184. The average molecular weight is 591 g/mol. The number of benzene rings is 1. The second kappa shape index (κ2) is 15.1. The number of ketones is 1. The fraction of sp³-hybridized carbons (Fsp3) is 0.440. The molecule has 0 aliphatic heterocycles. The minimum Gasteiger partial charge on any atom is -0.480 e. The van der Waals surface area contributed by atoms with Gasteiger partial charge in [-0.3, -0.25) is 4.79 Å². The van der Waals surface area contributed by atoms with E-state index < -0.39 is 60.9 Å². The molecule has 0 aliphatic carbocycles. The lowest BCUT2D eigenvalue weighted by atomic mass is 10.0. The molecule has 14 heteroatoms. The Bertz CT molecular complexity index is 1150. The zero-order chi connectivity index (χ0) is 30.0. The van der Waals surface area contributed by atoms with Crippen LogP contribution in [0.25, 0.3) is 0 Å². The molecule has 1 aromatic carbocycles. The molecule has 0 saturated heterocycles. The number of carbonyl (C=O) groups excluding carboxylic acids is 5. The first-order valence-corrected chi connectivity index (χ1v) is 12.2. The zero-order valence-electron chi connectivity index (χ0n) is 21.8. The maximum Gasteiger partial charge on any atom is 0.347 e. The largest absolute Gasteiger partial charge is 0.480 e. The van der Waals surface area contributed by atoms with E-state index in [4.69, 9.17) is 47.3 Å². The molecule has 1 rings (SSSR count). The number of carboxylic acids is 1. The van der Waals surface area contributed by atoms with Crippen LogP contribution in [0.3, 0.4) is 0 Å². The van der Waals surface area contributed by atoms with Gasteiger partial charge < -0.3 is 28.8 Å². The van der Waals surface area contributed by atoms with Gasteiger partial charge in [-0.2, -0.15) is 0 Å². The average Bonchev–Trinajstić information content (AvgIpc) is 2.88. The van der Waals surface area contributed by atoms with E-state index in [9.17, 15) is 28.8 Å². The van der Waals surface area contributed by atoms with Crippen molar-refractivity contribution in [1.29, 1.82) is 0 Å². The monoisotopic (exact) mass is 590 g/mol. The molecule has 0 aliphatic rings. The Hall–Kier alpha value is -3.64. The van der Waals surface area contributed by atoms with Crippen LogP contribution in [0.2, 0.25) is 10.0 Å². The highest BCUT2D eigenvalue weighted by atomic mass is 35.5. The van der Waals surface area contributed by atoms with Crippen molar-refractivity contribution in [3.8, 4) is 5.75 Å². The van der Waals surface area contributed by atoms with E-state index in [1.165, 1.54) is 19.1 Å². The van der Waals surface area contributed by atoms with Gasteiger partial charge in [0.15, 0.2) is 36.8 Å². The standard InChI is InChI=1S/C25H28Cl2O12/c1-7-11(2)21(29)16-8-9-17(20(27)19(16)26)35-10-18(28)36-13(4)23(32)38-15(6)25(34)39-14(5)24(33)37-12(3)22(30)31/h8-9,12-15H,2,7,10H2,1,3-6H3,(H,30,31). The number of rotatable bonds is 14. The molecule has 0 amide bonds. The Kier molecular flexibility index (Phi) is 12.9. The van der Waals surface area contributed by atoms with Crippen molar-refractivity contribution in [3.05, 3.63) is 39.9 Å². The van der Waals surface area contributed by atoms with Crippen LogP contribution in [-0.4, -0.2) is 71.8 Å². The van der Waals surface area contributed by atoms with Crippen molar-refractivity contribution in [1.82, 2.24) is 0 Å². The van der Waals surface area contributed by atoms with Gasteiger partial charge in [-0.15, -0.1) is 0 Å². The van der Waals surface area contributed by atoms with E-state index in [0.29, 0.717) is 12.0 Å². The van der Waals surface area contributed by atoms with Gasteiger partial charge in [0, 0.05) is 5.56 Å². The predicted molar refractivity (Wildman–Crippen MR) is 136 cm³/mol. The summed E-state index contributed by atoms with van der Waals surface area (Å²) in [6, 6.07) is 2.70. The van der Waals surface area contributed by atoms with Gasteiger partial charge in [-0.1, -0.05) is 36.7 Å². The number of hydrogen-bond acceptors (Lipinski definition) is 11. The fourth-order valence-corrected chi connectivity index (χ4v) is 3.00. The van der Waals surface area contributed by atoms with Gasteiger partial charge in [0.25, 0.3) is 0 Å². The highest BCUT2D eigenvalue weighted by Gasteiger charge is 2.30. The third-order valence-electron chi connectivity index (χ3n) is 4.92. The highest BCUT2D eigenvalue weighted by molar-refractivity contribution is 6.45. The molecule has 4 unspecified atom stereocenters. The van der Waals surface area contributed by atoms with Crippen LogP contribution < -0.4 is 4.74 Å². The van der Waals surface area contributed by atoms with Gasteiger partial charge in [0.2, 0.25) is 0 Å². The van der Waals surface area contributed by atoms with Crippen LogP contribution in [0, 0.1) is 0 Å². The number of Topliss-reactive ketones (excluding diaryl/α,β-unsaturated/α-hetero) is 1. The molecule has 0 fully saturated rings. The quantitative estimate of drug-likeness (QED) is 0.145. The molecular weight excluding hydrogens is 563 g/mol. The van der Waals surface area contributed by atoms with Crippen LogP contribution in [0.15, 0.2) is 24.3 Å². The molecule has 214 valence electrons. The summed E-state index contributed by atoms with van der Waals surface area (Å²) in [6.07, 6.45) is -5.50. The second-order valence-corrected chi connectivity index (χ2v) is 8.78. The van der Waals surface area contributed by atoms with Crippen molar-refractivity contribution >= 4 is 58.8 Å². The van der Waals surface area contributed by atoms with E-state index in [0.717, 1.165) is 20.8 Å². The number of allylic oxidation sites excluding steroid dienone is 1. The third kappa shape index (κ3) is 9.88. The number of carboxylic acid groups (broad SMARTS) is 1. The molecule has 1 N–H and O–H groups in total. The van der Waals surface area contributed by atoms with Crippen LogP contribution in [-0.2, 0) is 42.9 Å². The van der Waals surface area contributed by atoms with Crippen molar-refractivity contribution in [2.75, 3.05) is 6.61 Å². The highest BCUT2D eigenvalue weighted by Crippen LogP contribution is 2.35. The van der Waals surface area contributed by atoms with Crippen LogP contribution in [0.5, 0.6) is 5.75 Å². The fourth-order valence-electron chi connectivity index (χ4n) is 2.54. The molecule has 0 aromatic heterocycles. The SMILES string of the molecule is C=C(CC)C(=O)c1ccc(OCC(=O)OC(C)C(=O)OC(C)C(=O)OC(C)C(=O)OC(C)C(=O)O)c(Cl)c1Cl. The van der Waals surface area contributed by atoms with Gasteiger partial charge in [0.05, 0.1) is 5.02 Å². The van der Waals surface area contributed by atoms with Crippen molar-refractivity contribution in [3.63, 3.8) is 0 Å². The summed E-state index contributed by atoms with van der Waals surface area (Å²) in [5.74, 6) is -6.15. The summed E-state index contributed by atoms with van der Waals surface area (Å²) in [5.41, 5.74) is 0.449. The van der Waals surface area contributed by atoms with E-state index >= 15 is 0 Å². The Morgan fingerprint density at radius 1 is 0.795 bits per heavy atom. The minimum atomic E-state index is -1.51. The lowest BCUT2D eigenvalue weighted by Crippen LogP contribution is -2.37.